The standard InChI is InChI=1S/C11H17N3/c1-2-13-6-8-14(9-7-13)11-4-3-5-12-10-11/h3-5,10H,2,6-9H2,1H3. The summed E-state index contributed by atoms with van der Waals surface area (Å²) >= 11 is 0. The molecule has 0 N–H and O–H groups in total. The van der Waals surface area contributed by atoms with E-state index < -0.39 is 0 Å². The summed E-state index contributed by atoms with van der Waals surface area (Å²) in [6.45, 7) is 7.98. The fourth-order valence-electron chi connectivity index (χ4n) is 1.86. The third-order valence-electron chi connectivity index (χ3n) is 2.83. The van der Waals surface area contributed by atoms with Crippen molar-refractivity contribution in [1.29, 1.82) is 0 Å². The number of rotatable bonds is 2. The van der Waals surface area contributed by atoms with E-state index >= 15 is 0 Å². The predicted molar refractivity (Wildman–Crippen MR) is 58.6 cm³/mol. The summed E-state index contributed by atoms with van der Waals surface area (Å²) in [5.74, 6) is 0. The highest BCUT2D eigenvalue weighted by Crippen LogP contribution is 2.13. The van der Waals surface area contributed by atoms with E-state index in [0.29, 0.717) is 0 Å². The smallest absolute Gasteiger partial charge is 0.0553 e. The molecule has 0 aromatic carbocycles. The summed E-state index contributed by atoms with van der Waals surface area (Å²) < 4.78 is 0. The minimum absolute atomic E-state index is 1.12. The molecule has 1 saturated heterocycles. The molecule has 1 aromatic rings. The molecule has 0 amide bonds. The van der Waals surface area contributed by atoms with E-state index in [1.165, 1.54) is 25.3 Å². The Balaban J connectivity index is 1.96. The molecule has 1 fully saturated rings. The van der Waals surface area contributed by atoms with Gasteiger partial charge in [-0.15, -0.1) is 0 Å². The van der Waals surface area contributed by atoms with Crippen LogP contribution in [-0.4, -0.2) is 42.6 Å². The number of hydrogen-bond acceptors (Lipinski definition) is 3. The molecule has 0 atom stereocenters. The summed E-state index contributed by atoms with van der Waals surface area (Å²) in [5.41, 5.74) is 1.25. The lowest BCUT2D eigenvalue weighted by Gasteiger charge is -2.35. The zero-order valence-electron chi connectivity index (χ0n) is 8.69. The molecule has 0 unspecified atom stereocenters. The second-order valence-corrected chi connectivity index (χ2v) is 3.63. The van der Waals surface area contributed by atoms with Crippen LogP contribution in [0.15, 0.2) is 24.5 Å². The van der Waals surface area contributed by atoms with Crippen molar-refractivity contribution < 1.29 is 0 Å². The van der Waals surface area contributed by atoms with Crippen molar-refractivity contribution in [3.05, 3.63) is 24.5 Å². The predicted octanol–water partition coefficient (Wildman–Crippen LogP) is 1.22. The van der Waals surface area contributed by atoms with Gasteiger partial charge in [0.05, 0.1) is 11.9 Å². The third-order valence-corrected chi connectivity index (χ3v) is 2.83. The summed E-state index contributed by atoms with van der Waals surface area (Å²) in [7, 11) is 0. The molecule has 0 spiro atoms. The lowest BCUT2D eigenvalue weighted by molar-refractivity contribution is 0.271. The molecule has 0 radical (unpaired) electrons. The van der Waals surface area contributed by atoms with Crippen LogP contribution in [0.4, 0.5) is 5.69 Å². The van der Waals surface area contributed by atoms with Crippen LogP contribution in [0.1, 0.15) is 6.92 Å². The molecule has 0 aliphatic carbocycles. The maximum atomic E-state index is 4.14. The van der Waals surface area contributed by atoms with E-state index in [-0.39, 0.29) is 0 Å². The van der Waals surface area contributed by atoms with Gasteiger partial charge >= 0.3 is 0 Å². The maximum absolute atomic E-state index is 4.14. The van der Waals surface area contributed by atoms with Crippen LogP contribution in [-0.2, 0) is 0 Å². The Morgan fingerprint density at radius 1 is 1.29 bits per heavy atom. The Hall–Kier alpha value is -1.09. The first-order valence-corrected chi connectivity index (χ1v) is 5.27. The number of nitrogens with zero attached hydrogens (tertiary/aromatic N) is 3. The minimum atomic E-state index is 1.12. The maximum Gasteiger partial charge on any atom is 0.0553 e. The normalized spacial score (nSPS) is 18.5. The first-order valence-electron chi connectivity index (χ1n) is 5.27. The third kappa shape index (κ3) is 2.04. The molecular weight excluding hydrogens is 174 g/mol. The molecule has 3 nitrogen and oxygen atoms in total. The van der Waals surface area contributed by atoms with E-state index in [9.17, 15) is 0 Å². The molecule has 14 heavy (non-hydrogen) atoms. The van der Waals surface area contributed by atoms with Crippen molar-refractivity contribution in [1.82, 2.24) is 9.88 Å². The van der Waals surface area contributed by atoms with Crippen molar-refractivity contribution in [3.8, 4) is 0 Å². The van der Waals surface area contributed by atoms with E-state index in [1.54, 1.807) is 0 Å². The van der Waals surface area contributed by atoms with Gasteiger partial charge in [0.15, 0.2) is 0 Å². The fourth-order valence-corrected chi connectivity index (χ4v) is 1.86. The van der Waals surface area contributed by atoms with Crippen LogP contribution in [0, 0.1) is 0 Å². The first-order chi connectivity index (χ1) is 6.90. The number of piperazine rings is 1. The quantitative estimate of drug-likeness (QED) is 0.700. The Morgan fingerprint density at radius 2 is 2.07 bits per heavy atom. The lowest BCUT2D eigenvalue weighted by atomic mass is 10.3. The van der Waals surface area contributed by atoms with Gasteiger partial charge in [0.2, 0.25) is 0 Å². The van der Waals surface area contributed by atoms with Gasteiger partial charge in [0.1, 0.15) is 0 Å². The Bertz CT molecular complexity index is 265. The van der Waals surface area contributed by atoms with Crippen LogP contribution in [0.5, 0.6) is 0 Å². The van der Waals surface area contributed by atoms with Crippen LogP contribution in [0.2, 0.25) is 0 Å². The molecule has 1 aliphatic rings. The van der Waals surface area contributed by atoms with Crippen molar-refractivity contribution in [3.63, 3.8) is 0 Å². The number of anilines is 1. The highest BCUT2D eigenvalue weighted by atomic mass is 15.3. The summed E-state index contributed by atoms with van der Waals surface area (Å²) in [5, 5.41) is 0. The highest BCUT2D eigenvalue weighted by Gasteiger charge is 2.15. The van der Waals surface area contributed by atoms with Gasteiger partial charge in [-0.1, -0.05) is 6.92 Å². The monoisotopic (exact) mass is 191 g/mol. The fraction of sp³-hybridized carbons (Fsp3) is 0.545. The van der Waals surface area contributed by atoms with Gasteiger partial charge in [-0.25, -0.2) is 0 Å². The Morgan fingerprint density at radius 3 is 2.64 bits per heavy atom. The average molecular weight is 191 g/mol. The van der Waals surface area contributed by atoms with Gasteiger partial charge in [-0.2, -0.15) is 0 Å². The van der Waals surface area contributed by atoms with Gasteiger partial charge in [0.25, 0.3) is 0 Å². The molecule has 2 rings (SSSR count). The van der Waals surface area contributed by atoms with Crippen molar-refractivity contribution in [2.24, 2.45) is 0 Å². The van der Waals surface area contributed by atoms with Crippen LogP contribution in [0.25, 0.3) is 0 Å². The molecular formula is C11H17N3. The SMILES string of the molecule is CCN1CCN(c2cccnc2)CC1. The Kier molecular flexibility index (Phi) is 2.99. The average Bonchev–Trinajstić information content (AvgIpc) is 2.30. The van der Waals surface area contributed by atoms with Crippen molar-refractivity contribution >= 4 is 5.69 Å². The van der Waals surface area contributed by atoms with E-state index in [2.05, 4.69) is 27.8 Å². The van der Waals surface area contributed by atoms with E-state index in [0.717, 1.165) is 13.1 Å². The summed E-state index contributed by atoms with van der Waals surface area (Å²) in [4.78, 5) is 9.02. The van der Waals surface area contributed by atoms with Gasteiger partial charge in [0, 0.05) is 32.4 Å². The van der Waals surface area contributed by atoms with Crippen LogP contribution < -0.4 is 4.90 Å². The lowest BCUT2D eigenvalue weighted by Crippen LogP contribution is -2.46. The Labute approximate surface area is 85.4 Å². The second kappa shape index (κ2) is 4.42. The van der Waals surface area contributed by atoms with Crippen LogP contribution in [0.3, 0.4) is 0 Å². The molecule has 1 aromatic heterocycles. The molecule has 1 aliphatic heterocycles. The van der Waals surface area contributed by atoms with Crippen molar-refractivity contribution in [2.75, 3.05) is 37.6 Å². The number of hydrogen-bond donors (Lipinski definition) is 0. The highest BCUT2D eigenvalue weighted by molar-refractivity contribution is 5.43. The molecule has 3 heteroatoms. The molecule has 0 saturated carbocycles. The topological polar surface area (TPSA) is 19.4 Å². The first kappa shape index (κ1) is 9.46. The van der Waals surface area contributed by atoms with E-state index in [1.807, 2.05) is 18.5 Å². The summed E-state index contributed by atoms with van der Waals surface area (Å²) in [6, 6.07) is 4.14. The van der Waals surface area contributed by atoms with Crippen LogP contribution >= 0.6 is 0 Å². The number of aromatic nitrogens is 1. The minimum Gasteiger partial charge on any atom is -0.368 e. The number of likely N-dealkylation sites (N-methyl/N-ethyl adjacent to an activating group) is 1. The van der Waals surface area contributed by atoms with Gasteiger partial charge in [-0.3, -0.25) is 4.98 Å². The summed E-state index contributed by atoms with van der Waals surface area (Å²) in [6.07, 6.45) is 3.77. The molecule has 0 bridgehead atoms. The number of pyridine rings is 1. The van der Waals surface area contributed by atoms with Crippen molar-refractivity contribution in [2.45, 2.75) is 6.92 Å². The van der Waals surface area contributed by atoms with Gasteiger partial charge in [-0.05, 0) is 18.7 Å². The second-order valence-electron chi connectivity index (χ2n) is 3.63. The molecule has 76 valence electrons. The zero-order valence-corrected chi connectivity index (χ0v) is 8.69. The zero-order chi connectivity index (χ0) is 9.80. The largest absolute Gasteiger partial charge is 0.368 e. The van der Waals surface area contributed by atoms with Gasteiger partial charge < -0.3 is 9.80 Å². The molecule has 2 heterocycles. The van der Waals surface area contributed by atoms with E-state index in [4.69, 9.17) is 0 Å².